The molecule has 2 nitrogen and oxygen atoms in total. The van der Waals surface area contributed by atoms with Gasteiger partial charge in [0.05, 0.1) is 5.56 Å². The largest absolute Gasteiger partial charge is 0.333 e. The first-order valence-electron chi connectivity index (χ1n) is 8.46. The molecule has 2 heterocycles. The highest BCUT2D eigenvalue weighted by Crippen LogP contribution is 2.43. The summed E-state index contributed by atoms with van der Waals surface area (Å²) < 4.78 is 27.1. The van der Waals surface area contributed by atoms with Crippen LogP contribution < -0.4 is 0 Å². The van der Waals surface area contributed by atoms with E-state index < -0.39 is 5.82 Å². The lowest BCUT2D eigenvalue weighted by molar-refractivity contribution is 0.0567. The van der Waals surface area contributed by atoms with E-state index in [0.29, 0.717) is 5.92 Å². The van der Waals surface area contributed by atoms with Gasteiger partial charge in [0.15, 0.2) is 0 Å². The van der Waals surface area contributed by atoms with E-state index in [1.165, 1.54) is 18.2 Å². The van der Waals surface area contributed by atoms with Gasteiger partial charge in [-0.3, -0.25) is 4.79 Å². The lowest BCUT2D eigenvalue weighted by Gasteiger charge is -2.39. The molecule has 2 fully saturated rings. The average molecular weight is 327 g/mol. The minimum atomic E-state index is -0.456. The summed E-state index contributed by atoms with van der Waals surface area (Å²) in [6, 6.07) is 13.1. The van der Waals surface area contributed by atoms with E-state index in [1.807, 2.05) is 17.0 Å². The lowest BCUT2D eigenvalue weighted by atomic mass is 9.85. The first-order chi connectivity index (χ1) is 11.6. The van der Waals surface area contributed by atoms with E-state index in [9.17, 15) is 13.6 Å². The van der Waals surface area contributed by atoms with Gasteiger partial charge in [0.25, 0.3) is 5.91 Å². The molecule has 24 heavy (non-hydrogen) atoms. The Morgan fingerprint density at radius 2 is 1.54 bits per heavy atom. The van der Waals surface area contributed by atoms with Crippen LogP contribution in [-0.4, -0.2) is 22.9 Å². The molecule has 0 aliphatic carbocycles. The van der Waals surface area contributed by atoms with Crippen molar-refractivity contribution in [2.45, 2.75) is 43.7 Å². The van der Waals surface area contributed by atoms with Crippen LogP contribution in [0.4, 0.5) is 8.78 Å². The van der Waals surface area contributed by atoms with Crippen LogP contribution in [-0.2, 0) is 0 Å². The molecule has 2 bridgehead atoms. The van der Waals surface area contributed by atoms with Crippen LogP contribution in [0, 0.1) is 11.6 Å². The van der Waals surface area contributed by atoms with E-state index in [4.69, 9.17) is 0 Å². The topological polar surface area (TPSA) is 20.3 Å². The molecule has 0 aromatic heterocycles. The molecule has 2 aromatic rings. The van der Waals surface area contributed by atoms with Gasteiger partial charge in [-0.05, 0) is 61.4 Å². The molecule has 4 rings (SSSR count). The van der Waals surface area contributed by atoms with Crippen molar-refractivity contribution in [2.75, 3.05) is 0 Å². The van der Waals surface area contributed by atoms with Gasteiger partial charge in [-0.15, -0.1) is 0 Å². The summed E-state index contributed by atoms with van der Waals surface area (Å²) in [6.07, 6.45) is 3.65. The highest BCUT2D eigenvalue weighted by molar-refractivity contribution is 5.95. The van der Waals surface area contributed by atoms with Crippen molar-refractivity contribution < 1.29 is 13.6 Å². The molecule has 2 saturated heterocycles. The Hall–Kier alpha value is -2.23. The molecule has 1 amide bonds. The Bertz CT molecular complexity index is 744. The molecule has 0 N–H and O–H groups in total. The Morgan fingerprint density at radius 3 is 2.17 bits per heavy atom. The van der Waals surface area contributed by atoms with E-state index in [1.54, 1.807) is 18.2 Å². The number of fused-ring (bicyclic) bond motifs is 2. The number of halogens is 2. The number of carbonyl (C=O) groups excluding carboxylic acids is 1. The van der Waals surface area contributed by atoms with E-state index in [0.717, 1.165) is 31.2 Å². The number of benzene rings is 2. The van der Waals surface area contributed by atoms with E-state index >= 15 is 0 Å². The fourth-order valence-electron chi connectivity index (χ4n) is 4.29. The molecule has 0 radical (unpaired) electrons. The second kappa shape index (κ2) is 6.00. The minimum Gasteiger partial charge on any atom is -0.333 e. The fraction of sp³-hybridized carbons (Fsp3) is 0.350. The van der Waals surface area contributed by atoms with Crippen LogP contribution in [0.5, 0.6) is 0 Å². The van der Waals surface area contributed by atoms with Crippen LogP contribution in [0.15, 0.2) is 48.5 Å². The average Bonchev–Trinajstić information content (AvgIpc) is 2.85. The number of nitrogens with zero attached hydrogens (tertiary/aromatic N) is 1. The van der Waals surface area contributed by atoms with Crippen molar-refractivity contribution in [1.29, 1.82) is 0 Å². The zero-order valence-corrected chi connectivity index (χ0v) is 13.3. The second-order valence-electron chi connectivity index (χ2n) is 6.80. The molecule has 4 heteroatoms. The molecule has 2 aromatic carbocycles. The third kappa shape index (κ3) is 2.60. The minimum absolute atomic E-state index is 0.144. The van der Waals surface area contributed by atoms with Crippen LogP contribution in [0.1, 0.15) is 47.5 Å². The van der Waals surface area contributed by atoms with Gasteiger partial charge in [0.1, 0.15) is 11.6 Å². The van der Waals surface area contributed by atoms with Gasteiger partial charge < -0.3 is 4.90 Å². The first-order valence-corrected chi connectivity index (χ1v) is 8.46. The van der Waals surface area contributed by atoms with Crippen LogP contribution in [0.3, 0.4) is 0 Å². The van der Waals surface area contributed by atoms with Crippen molar-refractivity contribution in [3.63, 3.8) is 0 Å². The first kappa shape index (κ1) is 15.3. The summed E-state index contributed by atoms with van der Waals surface area (Å²) in [5, 5.41) is 0. The Labute approximate surface area is 140 Å². The van der Waals surface area contributed by atoms with Crippen molar-refractivity contribution >= 4 is 5.91 Å². The Kier molecular flexibility index (Phi) is 3.83. The molecule has 1 unspecified atom stereocenters. The predicted octanol–water partition coefficient (Wildman–Crippen LogP) is 4.52. The molecular formula is C20H19F2NO. The number of hydrogen-bond donors (Lipinski definition) is 0. The second-order valence-corrected chi connectivity index (χ2v) is 6.80. The zero-order chi connectivity index (χ0) is 16.7. The summed E-state index contributed by atoms with van der Waals surface area (Å²) in [6.45, 7) is 0. The zero-order valence-electron chi connectivity index (χ0n) is 13.3. The summed E-state index contributed by atoms with van der Waals surface area (Å²) in [5.41, 5.74) is 1.29. The third-order valence-corrected chi connectivity index (χ3v) is 5.41. The van der Waals surface area contributed by atoms with Crippen LogP contribution in [0.2, 0.25) is 0 Å². The van der Waals surface area contributed by atoms with Gasteiger partial charge >= 0.3 is 0 Å². The highest BCUT2D eigenvalue weighted by Gasteiger charge is 2.44. The smallest absolute Gasteiger partial charge is 0.257 e. The molecule has 3 atom stereocenters. The third-order valence-electron chi connectivity index (χ3n) is 5.41. The van der Waals surface area contributed by atoms with Gasteiger partial charge in [-0.2, -0.15) is 0 Å². The van der Waals surface area contributed by atoms with Crippen molar-refractivity contribution in [1.82, 2.24) is 4.90 Å². The van der Waals surface area contributed by atoms with Gasteiger partial charge in [-0.25, -0.2) is 8.78 Å². The summed E-state index contributed by atoms with van der Waals surface area (Å²) in [7, 11) is 0. The van der Waals surface area contributed by atoms with Crippen LogP contribution in [0.25, 0.3) is 0 Å². The normalized spacial score (nSPS) is 25.8. The molecular weight excluding hydrogens is 308 g/mol. The number of carbonyl (C=O) groups is 1. The molecule has 2 aliphatic heterocycles. The maximum atomic E-state index is 14.0. The Morgan fingerprint density at radius 1 is 0.917 bits per heavy atom. The Balaban J connectivity index is 1.56. The van der Waals surface area contributed by atoms with Gasteiger partial charge in [0, 0.05) is 12.1 Å². The van der Waals surface area contributed by atoms with Crippen LogP contribution >= 0.6 is 0 Å². The fourth-order valence-corrected chi connectivity index (χ4v) is 4.29. The molecule has 0 spiro atoms. The van der Waals surface area contributed by atoms with Crippen molar-refractivity contribution in [3.8, 4) is 0 Å². The predicted molar refractivity (Wildman–Crippen MR) is 87.8 cm³/mol. The monoisotopic (exact) mass is 327 g/mol. The summed E-state index contributed by atoms with van der Waals surface area (Å²) in [4.78, 5) is 14.7. The SMILES string of the molecule is O=C(c1ccccc1F)N1[C@@H]2CC[C@H]1CC(c1ccc(F)cc1)C2. The number of amides is 1. The van der Waals surface area contributed by atoms with E-state index in [-0.39, 0.29) is 29.4 Å². The quantitative estimate of drug-likeness (QED) is 0.794. The standard InChI is InChI=1S/C20H19F2NO/c21-15-7-5-13(6-8-15)14-11-16-9-10-17(12-14)23(16)20(24)18-3-1-2-4-19(18)22/h1-8,14,16-17H,9-12H2/t14?,16-,17+. The summed E-state index contributed by atoms with van der Waals surface area (Å²) in [5.74, 6) is -0.539. The lowest BCUT2D eigenvalue weighted by Crippen LogP contribution is -2.46. The maximum Gasteiger partial charge on any atom is 0.257 e. The molecule has 2 aliphatic rings. The number of rotatable bonds is 2. The van der Waals surface area contributed by atoms with E-state index in [2.05, 4.69) is 0 Å². The molecule has 124 valence electrons. The highest BCUT2D eigenvalue weighted by atomic mass is 19.1. The van der Waals surface area contributed by atoms with Gasteiger partial charge in [0.2, 0.25) is 0 Å². The number of piperidine rings is 1. The van der Waals surface area contributed by atoms with Crippen molar-refractivity contribution in [2.24, 2.45) is 0 Å². The van der Waals surface area contributed by atoms with Crippen molar-refractivity contribution in [3.05, 3.63) is 71.3 Å². The number of hydrogen-bond acceptors (Lipinski definition) is 1. The maximum absolute atomic E-state index is 14.0. The summed E-state index contributed by atoms with van der Waals surface area (Å²) >= 11 is 0. The van der Waals surface area contributed by atoms with Gasteiger partial charge in [-0.1, -0.05) is 24.3 Å². The molecule has 0 saturated carbocycles.